The molecular formula is C29H28F2N4O4. The van der Waals surface area contributed by atoms with Gasteiger partial charge in [0.2, 0.25) is 11.8 Å². The number of halogens is 2. The number of H-pyrrole nitrogens is 1. The van der Waals surface area contributed by atoms with Crippen LogP contribution in [0.3, 0.4) is 0 Å². The van der Waals surface area contributed by atoms with Gasteiger partial charge in [-0.05, 0) is 80.1 Å². The third kappa shape index (κ3) is 7.96. The lowest BCUT2D eigenvalue weighted by atomic mass is 10.1. The summed E-state index contributed by atoms with van der Waals surface area (Å²) in [6, 6.07) is 17.0. The smallest absolute Gasteiger partial charge is 0.249 e. The Morgan fingerprint density at radius 1 is 0.897 bits per heavy atom. The molecule has 0 unspecified atom stereocenters. The fourth-order valence-corrected chi connectivity index (χ4v) is 3.77. The first-order valence-electron chi connectivity index (χ1n) is 12.2. The monoisotopic (exact) mass is 534 g/mol. The van der Waals surface area contributed by atoms with Crippen LogP contribution < -0.4 is 15.4 Å². The number of anilines is 1. The van der Waals surface area contributed by atoms with Crippen LogP contribution in [-0.2, 0) is 27.4 Å². The van der Waals surface area contributed by atoms with Crippen molar-refractivity contribution in [3.05, 3.63) is 107 Å². The van der Waals surface area contributed by atoms with E-state index in [4.69, 9.17) is 9.47 Å². The van der Waals surface area contributed by atoms with Crippen LogP contribution in [-0.4, -0.2) is 34.7 Å². The average molecular weight is 535 g/mol. The van der Waals surface area contributed by atoms with E-state index in [2.05, 4.69) is 20.8 Å². The van der Waals surface area contributed by atoms with Crippen molar-refractivity contribution in [1.82, 2.24) is 15.5 Å². The van der Waals surface area contributed by atoms with E-state index < -0.39 is 11.9 Å². The predicted octanol–water partition coefficient (Wildman–Crippen LogP) is 4.98. The summed E-state index contributed by atoms with van der Waals surface area (Å²) in [7, 11) is 0. The lowest BCUT2D eigenvalue weighted by molar-refractivity contribution is -0.127. The van der Waals surface area contributed by atoms with Gasteiger partial charge in [0.15, 0.2) is 0 Å². The molecule has 8 nitrogen and oxygen atoms in total. The molecule has 0 saturated carbocycles. The van der Waals surface area contributed by atoms with Crippen molar-refractivity contribution in [2.24, 2.45) is 0 Å². The first-order valence-corrected chi connectivity index (χ1v) is 12.2. The van der Waals surface area contributed by atoms with Crippen molar-refractivity contribution in [2.75, 3.05) is 11.9 Å². The molecule has 0 fully saturated rings. The number of amides is 2. The number of aryl methyl sites for hydroxylation is 2. The third-order valence-electron chi connectivity index (χ3n) is 5.91. The Bertz CT molecular complexity index is 1390. The molecular weight excluding hydrogens is 506 g/mol. The van der Waals surface area contributed by atoms with E-state index in [1.54, 1.807) is 43.3 Å². The molecule has 3 N–H and O–H groups in total. The number of aromatic amines is 1. The SMILES string of the molecule is Cc1n[nH]c(C)c1CC(=O)N[C@@H](COCc1ccc(F)cc1)C(=O)Nc1ccc(Oc2ccc(F)cc2)cc1. The summed E-state index contributed by atoms with van der Waals surface area (Å²) >= 11 is 0. The Hall–Kier alpha value is -4.57. The van der Waals surface area contributed by atoms with Gasteiger partial charge in [0.25, 0.3) is 0 Å². The minimum absolute atomic E-state index is 0.0470. The number of nitrogens with one attached hydrogen (secondary N) is 3. The summed E-state index contributed by atoms with van der Waals surface area (Å²) in [5.74, 6) is -0.595. The van der Waals surface area contributed by atoms with Crippen LogP contribution in [0.2, 0.25) is 0 Å². The molecule has 0 aliphatic rings. The van der Waals surface area contributed by atoms with Gasteiger partial charge in [0, 0.05) is 16.9 Å². The predicted molar refractivity (Wildman–Crippen MR) is 141 cm³/mol. The first kappa shape index (κ1) is 27.5. The van der Waals surface area contributed by atoms with Crippen LogP contribution in [0, 0.1) is 25.5 Å². The van der Waals surface area contributed by atoms with E-state index in [0.29, 0.717) is 22.9 Å². The van der Waals surface area contributed by atoms with Gasteiger partial charge < -0.3 is 20.1 Å². The average Bonchev–Trinajstić information content (AvgIpc) is 3.23. The maximum absolute atomic E-state index is 13.2. The van der Waals surface area contributed by atoms with Crippen molar-refractivity contribution in [1.29, 1.82) is 0 Å². The number of aromatic nitrogens is 2. The number of hydrogen-bond donors (Lipinski definition) is 3. The van der Waals surface area contributed by atoms with E-state index in [1.807, 2.05) is 6.92 Å². The van der Waals surface area contributed by atoms with Gasteiger partial charge >= 0.3 is 0 Å². The Balaban J connectivity index is 1.39. The molecule has 4 rings (SSSR count). The number of rotatable bonds is 11. The Morgan fingerprint density at radius 2 is 1.49 bits per heavy atom. The fourth-order valence-electron chi connectivity index (χ4n) is 3.77. The highest BCUT2D eigenvalue weighted by atomic mass is 19.1. The van der Waals surface area contributed by atoms with Gasteiger partial charge in [-0.3, -0.25) is 14.7 Å². The molecule has 0 aliphatic heterocycles. The lowest BCUT2D eigenvalue weighted by Gasteiger charge is -2.19. The van der Waals surface area contributed by atoms with Crippen LogP contribution in [0.15, 0.2) is 72.8 Å². The molecule has 1 atom stereocenters. The summed E-state index contributed by atoms with van der Waals surface area (Å²) < 4.78 is 37.7. The van der Waals surface area contributed by atoms with E-state index in [1.165, 1.54) is 36.4 Å². The zero-order valence-corrected chi connectivity index (χ0v) is 21.5. The van der Waals surface area contributed by atoms with Gasteiger partial charge in [-0.15, -0.1) is 0 Å². The quantitative estimate of drug-likeness (QED) is 0.252. The molecule has 3 aromatic carbocycles. The van der Waals surface area contributed by atoms with Crippen molar-refractivity contribution < 1.29 is 27.8 Å². The fraction of sp³-hybridized carbons (Fsp3) is 0.207. The largest absolute Gasteiger partial charge is 0.457 e. The zero-order chi connectivity index (χ0) is 27.8. The second-order valence-corrected chi connectivity index (χ2v) is 8.92. The number of benzene rings is 3. The van der Waals surface area contributed by atoms with Crippen molar-refractivity contribution in [2.45, 2.75) is 32.9 Å². The van der Waals surface area contributed by atoms with Crippen LogP contribution in [0.4, 0.5) is 14.5 Å². The minimum atomic E-state index is -0.999. The van der Waals surface area contributed by atoms with Crippen LogP contribution in [0.5, 0.6) is 11.5 Å². The van der Waals surface area contributed by atoms with Crippen molar-refractivity contribution in [3.63, 3.8) is 0 Å². The van der Waals surface area contributed by atoms with Gasteiger partial charge in [0.1, 0.15) is 29.2 Å². The normalized spacial score (nSPS) is 11.6. The molecule has 202 valence electrons. The summed E-state index contributed by atoms with van der Waals surface area (Å²) in [5.41, 5.74) is 3.45. The molecule has 0 bridgehead atoms. The maximum atomic E-state index is 13.2. The van der Waals surface area contributed by atoms with Gasteiger partial charge in [-0.2, -0.15) is 5.10 Å². The number of carbonyl (C=O) groups excluding carboxylic acids is 2. The number of carbonyl (C=O) groups is 2. The summed E-state index contributed by atoms with van der Waals surface area (Å²) in [4.78, 5) is 26.0. The Labute approximate surface area is 224 Å². The van der Waals surface area contributed by atoms with Crippen LogP contribution in [0.25, 0.3) is 0 Å². The number of ether oxygens (including phenoxy) is 2. The second kappa shape index (κ2) is 12.8. The molecule has 0 aliphatic carbocycles. The van der Waals surface area contributed by atoms with Crippen molar-refractivity contribution in [3.8, 4) is 11.5 Å². The molecule has 1 aromatic heterocycles. The zero-order valence-electron chi connectivity index (χ0n) is 21.5. The summed E-state index contributed by atoms with van der Waals surface area (Å²) in [6.45, 7) is 3.65. The van der Waals surface area contributed by atoms with Gasteiger partial charge in [-0.25, -0.2) is 8.78 Å². The number of hydrogen-bond acceptors (Lipinski definition) is 5. The lowest BCUT2D eigenvalue weighted by Crippen LogP contribution is -2.47. The van der Waals surface area contributed by atoms with Crippen LogP contribution >= 0.6 is 0 Å². The van der Waals surface area contributed by atoms with Gasteiger partial charge in [0.05, 0.1) is 25.3 Å². The van der Waals surface area contributed by atoms with Gasteiger partial charge in [-0.1, -0.05) is 12.1 Å². The maximum Gasteiger partial charge on any atom is 0.249 e. The molecule has 0 spiro atoms. The van der Waals surface area contributed by atoms with E-state index in [-0.39, 0.29) is 37.2 Å². The third-order valence-corrected chi connectivity index (χ3v) is 5.91. The molecule has 39 heavy (non-hydrogen) atoms. The highest BCUT2D eigenvalue weighted by Crippen LogP contribution is 2.23. The molecule has 4 aromatic rings. The first-order chi connectivity index (χ1) is 18.8. The minimum Gasteiger partial charge on any atom is -0.457 e. The molecule has 2 amide bonds. The van der Waals surface area contributed by atoms with Crippen LogP contribution in [0.1, 0.15) is 22.5 Å². The molecule has 10 heteroatoms. The molecule has 0 saturated heterocycles. The standard InChI is InChI=1S/C29H28F2N4O4/c1-18-26(19(2)35-34-18)15-28(36)33-27(17-38-16-20-3-5-21(30)6-4-20)29(37)32-23-9-13-25(14-10-23)39-24-11-7-22(31)8-12-24/h3-14,27H,15-17H2,1-2H3,(H,32,37)(H,33,36)(H,34,35)/t27-/m0/s1. The molecule has 0 radical (unpaired) electrons. The van der Waals surface area contributed by atoms with Crippen molar-refractivity contribution >= 4 is 17.5 Å². The topological polar surface area (TPSA) is 105 Å². The Morgan fingerprint density at radius 3 is 2.08 bits per heavy atom. The summed E-state index contributed by atoms with van der Waals surface area (Å²) in [5, 5.41) is 12.5. The Kier molecular flexibility index (Phi) is 9.01. The number of nitrogens with zero attached hydrogens (tertiary/aromatic N) is 1. The van der Waals surface area contributed by atoms with E-state index in [9.17, 15) is 18.4 Å². The second-order valence-electron chi connectivity index (χ2n) is 8.92. The highest BCUT2D eigenvalue weighted by molar-refractivity contribution is 5.97. The molecule has 1 heterocycles. The van der Waals surface area contributed by atoms with E-state index >= 15 is 0 Å². The highest BCUT2D eigenvalue weighted by Gasteiger charge is 2.23. The van der Waals surface area contributed by atoms with E-state index in [0.717, 1.165) is 16.8 Å². The summed E-state index contributed by atoms with van der Waals surface area (Å²) in [6.07, 6.45) is 0.0470.